The number of carbonyl (C=O) groups excluding carboxylic acids is 2. The Kier molecular flexibility index (Phi) is 8.65. The maximum absolute atomic E-state index is 13.1. The zero-order valence-electron chi connectivity index (χ0n) is 23.3. The van der Waals surface area contributed by atoms with Gasteiger partial charge in [0.2, 0.25) is 5.91 Å². The van der Waals surface area contributed by atoms with Crippen molar-refractivity contribution in [2.45, 2.75) is 44.8 Å². The average molecular weight is 554 g/mol. The van der Waals surface area contributed by atoms with Crippen LogP contribution < -0.4 is 0 Å². The fraction of sp³-hybridized carbons (Fsp3) is 0.312. The summed E-state index contributed by atoms with van der Waals surface area (Å²) < 4.78 is 2.11. The van der Waals surface area contributed by atoms with E-state index in [-0.39, 0.29) is 17.9 Å². The average Bonchev–Trinajstić information content (AvgIpc) is 3.39. The van der Waals surface area contributed by atoms with E-state index in [0.29, 0.717) is 26.1 Å². The van der Waals surface area contributed by atoms with E-state index in [1.807, 2.05) is 90.4 Å². The molecule has 1 aromatic heterocycles. The standard InChI is InChI=1S/C32H35N5O2S/c1-23-12-7-9-16-27(23)31(39)36-20-19-35(22-25(36)3)29(38)18-11-21-40-32-34-33-30(26-14-5-4-6-15-26)37(32)28-17-10-8-13-24(28)2/h4-10,12-17,25H,11,18-22H2,1-3H3/t25-/m1/s1. The molecule has 4 aromatic rings. The van der Waals surface area contributed by atoms with Crippen LogP contribution in [0.5, 0.6) is 0 Å². The molecule has 2 amide bonds. The lowest BCUT2D eigenvalue weighted by molar-refractivity contribution is -0.133. The fourth-order valence-electron chi connectivity index (χ4n) is 5.17. The smallest absolute Gasteiger partial charge is 0.254 e. The van der Waals surface area contributed by atoms with Crippen molar-refractivity contribution < 1.29 is 9.59 Å². The van der Waals surface area contributed by atoms with Crippen molar-refractivity contribution in [2.75, 3.05) is 25.4 Å². The largest absolute Gasteiger partial charge is 0.339 e. The number of aryl methyl sites for hydroxylation is 2. The summed E-state index contributed by atoms with van der Waals surface area (Å²) in [7, 11) is 0. The van der Waals surface area contributed by atoms with Crippen LogP contribution in [0.25, 0.3) is 17.1 Å². The third-order valence-corrected chi connectivity index (χ3v) is 8.42. The van der Waals surface area contributed by atoms with Gasteiger partial charge < -0.3 is 9.80 Å². The summed E-state index contributed by atoms with van der Waals surface area (Å²) in [5.41, 5.74) is 4.92. The quantitative estimate of drug-likeness (QED) is 0.204. The van der Waals surface area contributed by atoms with E-state index >= 15 is 0 Å². The number of rotatable bonds is 8. The molecule has 0 spiro atoms. The highest BCUT2D eigenvalue weighted by Gasteiger charge is 2.30. The van der Waals surface area contributed by atoms with Crippen molar-refractivity contribution in [3.63, 3.8) is 0 Å². The molecule has 0 unspecified atom stereocenters. The predicted octanol–water partition coefficient (Wildman–Crippen LogP) is 5.80. The van der Waals surface area contributed by atoms with Gasteiger partial charge in [0, 0.05) is 49.0 Å². The van der Waals surface area contributed by atoms with Crippen LogP contribution in [-0.4, -0.2) is 67.8 Å². The molecule has 0 N–H and O–H groups in total. The molecule has 3 aromatic carbocycles. The van der Waals surface area contributed by atoms with Crippen LogP contribution in [0, 0.1) is 13.8 Å². The van der Waals surface area contributed by atoms with Crippen molar-refractivity contribution in [1.29, 1.82) is 0 Å². The van der Waals surface area contributed by atoms with Crippen molar-refractivity contribution in [1.82, 2.24) is 24.6 Å². The lowest BCUT2D eigenvalue weighted by Gasteiger charge is -2.40. The summed E-state index contributed by atoms with van der Waals surface area (Å²) >= 11 is 1.62. The SMILES string of the molecule is Cc1ccccc1C(=O)N1CCN(C(=O)CCCSc2nnc(-c3ccccc3)n2-c2ccccc2C)C[C@H]1C. The molecule has 0 bridgehead atoms. The van der Waals surface area contributed by atoms with Gasteiger partial charge in [-0.3, -0.25) is 14.2 Å². The highest BCUT2D eigenvalue weighted by Crippen LogP contribution is 2.30. The van der Waals surface area contributed by atoms with E-state index in [1.54, 1.807) is 11.8 Å². The lowest BCUT2D eigenvalue weighted by Crippen LogP contribution is -2.55. The third kappa shape index (κ3) is 5.97. The minimum Gasteiger partial charge on any atom is -0.339 e. The molecule has 7 nitrogen and oxygen atoms in total. The molecular weight excluding hydrogens is 518 g/mol. The van der Waals surface area contributed by atoms with Gasteiger partial charge in [0.15, 0.2) is 11.0 Å². The third-order valence-electron chi connectivity index (χ3n) is 7.40. The number of hydrogen-bond acceptors (Lipinski definition) is 5. The first-order valence-corrected chi connectivity index (χ1v) is 14.8. The molecule has 2 heterocycles. The zero-order chi connectivity index (χ0) is 28.1. The van der Waals surface area contributed by atoms with Gasteiger partial charge in [0.25, 0.3) is 5.91 Å². The van der Waals surface area contributed by atoms with Crippen molar-refractivity contribution >= 4 is 23.6 Å². The molecule has 8 heteroatoms. The highest BCUT2D eigenvalue weighted by molar-refractivity contribution is 7.99. The normalized spacial score (nSPS) is 15.3. The van der Waals surface area contributed by atoms with Gasteiger partial charge in [-0.1, -0.05) is 78.5 Å². The second-order valence-corrected chi connectivity index (χ2v) is 11.3. The molecule has 1 aliphatic heterocycles. The van der Waals surface area contributed by atoms with Crippen LogP contribution in [0.1, 0.15) is 41.3 Å². The first-order valence-electron chi connectivity index (χ1n) is 13.8. The van der Waals surface area contributed by atoms with Crippen LogP contribution >= 0.6 is 11.8 Å². The van der Waals surface area contributed by atoms with Crippen LogP contribution in [0.3, 0.4) is 0 Å². The van der Waals surface area contributed by atoms with E-state index in [4.69, 9.17) is 0 Å². The number of aromatic nitrogens is 3. The second-order valence-electron chi connectivity index (χ2n) is 10.2. The van der Waals surface area contributed by atoms with Crippen LogP contribution in [0.15, 0.2) is 84.0 Å². The molecule has 0 aliphatic carbocycles. The van der Waals surface area contributed by atoms with Crippen molar-refractivity contribution in [3.05, 3.63) is 95.6 Å². The fourth-order valence-corrected chi connectivity index (χ4v) is 6.05. The van der Waals surface area contributed by atoms with Gasteiger partial charge in [-0.05, 0) is 50.5 Å². The molecular formula is C32H35N5O2S. The van der Waals surface area contributed by atoms with E-state index in [9.17, 15) is 9.59 Å². The number of piperazine rings is 1. The van der Waals surface area contributed by atoms with Crippen LogP contribution in [0.4, 0.5) is 0 Å². The summed E-state index contributed by atoms with van der Waals surface area (Å²) in [6.45, 7) is 7.75. The molecule has 206 valence electrons. The van der Waals surface area contributed by atoms with Crippen molar-refractivity contribution in [2.24, 2.45) is 0 Å². The van der Waals surface area contributed by atoms with Crippen LogP contribution in [-0.2, 0) is 4.79 Å². The molecule has 40 heavy (non-hydrogen) atoms. The van der Waals surface area contributed by atoms with Gasteiger partial charge >= 0.3 is 0 Å². The minimum atomic E-state index is -0.0248. The molecule has 5 rings (SSSR count). The number of hydrogen-bond donors (Lipinski definition) is 0. The monoisotopic (exact) mass is 553 g/mol. The first-order chi connectivity index (χ1) is 19.4. The van der Waals surface area contributed by atoms with Crippen LogP contribution in [0.2, 0.25) is 0 Å². The van der Waals surface area contributed by atoms with E-state index in [2.05, 4.69) is 33.8 Å². The molecule has 1 fully saturated rings. The number of benzene rings is 3. The molecule has 1 saturated heterocycles. The Bertz CT molecular complexity index is 1490. The summed E-state index contributed by atoms with van der Waals surface area (Å²) in [5, 5.41) is 9.88. The van der Waals surface area contributed by atoms with Gasteiger partial charge in [-0.25, -0.2) is 0 Å². The minimum absolute atomic E-state index is 0.0248. The first kappa shape index (κ1) is 27.6. The maximum atomic E-state index is 13.1. The molecule has 1 aliphatic rings. The topological polar surface area (TPSA) is 71.3 Å². The number of para-hydroxylation sites is 1. The number of carbonyl (C=O) groups is 2. The lowest BCUT2D eigenvalue weighted by atomic mass is 10.1. The van der Waals surface area contributed by atoms with E-state index in [0.717, 1.165) is 51.1 Å². The van der Waals surface area contributed by atoms with Gasteiger partial charge in [0.05, 0.1) is 5.69 Å². The van der Waals surface area contributed by atoms with Crippen molar-refractivity contribution in [3.8, 4) is 17.1 Å². The van der Waals surface area contributed by atoms with Gasteiger partial charge in [-0.15, -0.1) is 10.2 Å². The summed E-state index contributed by atoms with van der Waals surface area (Å²) in [6, 6.07) is 26.0. The predicted molar refractivity (Wildman–Crippen MR) is 160 cm³/mol. The Balaban J connectivity index is 1.18. The van der Waals surface area contributed by atoms with Gasteiger partial charge in [-0.2, -0.15) is 0 Å². The van der Waals surface area contributed by atoms with E-state index in [1.165, 1.54) is 0 Å². The van der Waals surface area contributed by atoms with E-state index < -0.39 is 0 Å². The number of thioether (sulfide) groups is 1. The Morgan fingerprint density at radius 3 is 2.30 bits per heavy atom. The second kappa shape index (κ2) is 12.5. The summed E-state index contributed by atoms with van der Waals surface area (Å²) in [4.78, 5) is 30.0. The highest BCUT2D eigenvalue weighted by atomic mass is 32.2. The van der Waals surface area contributed by atoms with Gasteiger partial charge in [0.1, 0.15) is 0 Å². The summed E-state index contributed by atoms with van der Waals surface area (Å²) in [6.07, 6.45) is 1.21. The number of nitrogens with zero attached hydrogens (tertiary/aromatic N) is 5. The Labute approximate surface area is 240 Å². The maximum Gasteiger partial charge on any atom is 0.254 e. The molecule has 0 saturated carbocycles. The Morgan fingerprint density at radius 2 is 1.57 bits per heavy atom. The Morgan fingerprint density at radius 1 is 0.875 bits per heavy atom. The zero-order valence-corrected chi connectivity index (χ0v) is 24.1. The molecule has 1 atom stereocenters. The summed E-state index contributed by atoms with van der Waals surface area (Å²) in [5.74, 6) is 1.74. The number of amides is 2. The Hall–Kier alpha value is -3.91. The molecule has 0 radical (unpaired) electrons.